The molecule has 0 amide bonds. The number of hydrogen-bond donors (Lipinski definition) is 0. The Labute approximate surface area is 372 Å². The number of hydrogen-bond acceptors (Lipinski definition) is 7. The molecule has 2 aromatic heterocycles. The molecule has 0 fully saturated rings. The molecule has 0 spiro atoms. The van der Waals surface area contributed by atoms with Crippen LogP contribution >= 0.6 is 15.9 Å². The lowest BCUT2D eigenvalue weighted by Crippen LogP contribution is -3.00. The maximum absolute atomic E-state index is 6.37. The minimum atomic E-state index is -2.55. The molecule has 0 radical (unpaired) electrons. The van der Waals surface area contributed by atoms with E-state index in [4.69, 9.17) is 25.3 Å². The zero-order chi connectivity index (χ0) is 40.8. The van der Waals surface area contributed by atoms with E-state index in [2.05, 4.69) is 159 Å². The number of nitrogens with zero attached hydrogens (tertiary/aromatic N) is 4. The van der Waals surface area contributed by atoms with Crippen LogP contribution in [-0.2, 0) is 44.9 Å². The number of halogens is 2. The van der Waals surface area contributed by atoms with E-state index >= 15 is 0 Å². The van der Waals surface area contributed by atoms with Crippen molar-refractivity contribution in [1.82, 2.24) is 14.1 Å². The Morgan fingerprint density at radius 3 is 1.34 bits per heavy atom. The molecule has 0 atom stereocenters. The van der Waals surface area contributed by atoms with Crippen molar-refractivity contribution >= 4 is 66.8 Å². The van der Waals surface area contributed by atoms with Gasteiger partial charge in [-0.1, -0.05) is 57.5 Å². The molecule has 56 heavy (non-hydrogen) atoms. The summed E-state index contributed by atoms with van der Waals surface area (Å²) in [7, 11) is -11.7. The minimum Gasteiger partial charge on any atom is -1.00 e. The molecular weight excluding hydrogens is 937 g/mol. The lowest BCUT2D eigenvalue weighted by molar-refractivity contribution is -0.696. The first-order valence-electron chi connectivity index (χ1n) is 20.0. The summed E-state index contributed by atoms with van der Waals surface area (Å²) in [4.78, 5) is 3.94. The molecule has 336 valence electrons. The van der Waals surface area contributed by atoms with E-state index in [-0.39, 0.29) is 31.8 Å². The lowest BCUT2D eigenvalue weighted by atomic mass is 10.3. The van der Waals surface area contributed by atoms with Crippen molar-refractivity contribution in [2.24, 2.45) is 0 Å². The van der Waals surface area contributed by atoms with Gasteiger partial charge in [0.05, 0.1) is 19.4 Å². The zero-order valence-corrected chi connectivity index (χ0v) is 46.5. The first kappa shape index (κ1) is 63.1. The van der Waals surface area contributed by atoms with E-state index in [1.807, 2.05) is 18.7 Å². The monoisotopic (exact) mass is 1020 g/mol. The highest BCUT2D eigenvalue weighted by Crippen LogP contribution is 2.23. The molecular formula is C38H90Br2N4O6Si6. The summed E-state index contributed by atoms with van der Waals surface area (Å²) in [6.07, 6.45) is 21.5. The minimum absolute atomic E-state index is 0. The predicted molar refractivity (Wildman–Crippen MR) is 255 cm³/mol. The van der Waals surface area contributed by atoms with Crippen molar-refractivity contribution in [3.05, 3.63) is 37.4 Å². The average Bonchev–Trinajstić information content (AvgIpc) is 3.66. The van der Waals surface area contributed by atoms with Crippen molar-refractivity contribution in [3.63, 3.8) is 0 Å². The Kier molecular flexibility index (Phi) is 35.3. The van der Waals surface area contributed by atoms with Gasteiger partial charge in [-0.15, -0.1) is 0 Å². The molecule has 0 bridgehead atoms. The van der Waals surface area contributed by atoms with Gasteiger partial charge in [0, 0.05) is 50.6 Å². The fourth-order valence-corrected chi connectivity index (χ4v) is 26.5. The van der Waals surface area contributed by atoms with Gasteiger partial charge in [-0.25, -0.2) is 14.1 Å². The van der Waals surface area contributed by atoms with Crippen molar-refractivity contribution < 1.29 is 46.9 Å². The second-order valence-corrected chi connectivity index (χ2v) is 42.8. The first-order chi connectivity index (χ1) is 24.3. The number of aromatic nitrogens is 4. The molecule has 18 heteroatoms. The number of unbranched alkanes of at least 4 members (excludes halogenated alkanes) is 4. The standard InChI is InChI=1S/C18H41N2O3Si3.C11H29BrO3Si3.C7H12N2.2CH4.BrH/c1-9-10-13-19-15-16-20(18-19)14-11-12-17-21-26(8,22-24(2,3)4)23-25(5,6)7;1-16(2,3)14-18(7,15-17(4,5)6)13-11-9-8-10-12;1-2-3-5-9-6-4-8-7-9;;;/h15-16,18H,9-14,17H2,1-8H3;8-11H2,1-7H3;4,6-7H,2-3,5H2,1H3;2*1H4;1H/q+1;;;;;/p-1. The van der Waals surface area contributed by atoms with Crippen LogP contribution in [0.4, 0.5) is 0 Å². The Morgan fingerprint density at radius 1 is 0.571 bits per heavy atom. The fraction of sp³-hybridized carbons (Fsp3) is 0.842. The normalized spacial score (nSPS) is 12.3. The van der Waals surface area contributed by atoms with Crippen LogP contribution in [0.5, 0.6) is 0 Å². The summed E-state index contributed by atoms with van der Waals surface area (Å²) in [5, 5.41) is 1.03. The number of alkyl halides is 1. The van der Waals surface area contributed by atoms with Gasteiger partial charge >= 0.3 is 17.6 Å². The second-order valence-electron chi connectivity index (χ2n) is 17.8. The van der Waals surface area contributed by atoms with Crippen LogP contribution in [0.1, 0.15) is 80.1 Å². The van der Waals surface area contributed by atoms with Crippen molar-refractivity contribution in [1.29, 1.82) is 0 Å². The van der Waals surface area contributed by atoms with Crippen molar-refractivity contribution in [2.75, 3.05) is 18.5 Å². The third kappa shape index (κ3) is 37.4. The molecule has 0 aliphatic carbocycles. The summed E-state index contributed by atoms with van der Waals surface area (Å²) in [6, 6.07) is 0. The maximum atomic E-state index is 6.37. The summed E-state index contributed by atoms with van der Waals surface area (Å²) >= 11 is 3.43. The molecule has 2 rings (SSSR count). The van der Waals surface area contributed by atoms with Crippen molar-refractivity contribution in [3.8, 4) is 0 Å². The number of aryl methyl sites for hydroxylation is 3. The Hall–Kier alpha value is 0.441. The summed E-state index contributed by atoms with van der Waals surface area (Å²) < 4.78 is 44.1. The highest BCUT2D eigenvalue weighted by Gasteiger charge is 2.44. The van der Waals surface area contributed by atoms with Crippen LogP contribution in [-0.4, -0.2) is 83.5 Å². The smallest absolute Gasteiger partial charge is 0.476 e. The van der Waals surface area contributed by atoms with Crippen LogP contribution in [0.15, 0.2) is 37.4 Å². The quantitative estimate of drug-likeness (QED) is 0.0425. The molecule has 0 aliphatic rings. The average molecular weight is 1030 g/mol. The lowest BCUT2D eigenvalue weighted by Gasteiger charge is -2.37. The Balaban J connectivity index is -0.000000391. The highest BCUT2D eigenvalue weighted by atomic mass is 79.9. The summed E-state index contributed by atoms with van der Waals surface area (Å²) in [5.41, 5.74) is 0. The van der Waals surface area contributed by atoms with Crippen molar-refractivity contribution in [2.45, 2.75) is 191 Å². The number of rotatable bonds is 25. The zero-order valence-electron chi connectivity index (χ0n) is 37.4. The number of imidazole rings is 2. The first-order valence-corrected chi connectivity index (χ1v) is 39.2. The van der Waals surface area contributed by atoms with E-state index in [9.17, 15) is 0 Å². The molecule has 0 saturated carbocycles. The third-order valence-corrected chi connectivity index (χ3v) is 24.6. The van der Waals surface area contributed by atoms with Gasteiger partial charge in [0.15, 0.2) is 33.3 Å². The van der Waals surface area contributed by atoms with E-state index in [1.54, 1.807) is 0 Å². The predicted octanol–water partition coefficient (Wildman–Crippen LogP) is 9.05. The van der Waals surface area contributed by atoms with Crippen LogP contribution < -0.4 is 21.5 Å². The molecule has 0 saturated heterocycles. The molecule has 2 heterocycles. The van der Waals surface area contributed by atoms with Crippen LogP contribution in [0.25, 0.3) is 0 Å². The SMILES string of the molecule is C.C.CCCCn1cc[n+](CCCCO[Si](C)(O[Si](C)(C)C)O[Si](C)(C)C)c1.CCCCn1ccnc1.C[Si](C)(C)O[Si](C)(OCCCCBr)O[Si](C)(C)C.[Br-]. The molecule has 2 aromatic rings. The topological polar surface area (TPSA) is 82.0 Å². The molecule has 0 unspecified atom stereocenters. The molecule has 0 aromatic carbocycles. The van der Waals surface area contributed by atoms with Gasteiger partial charge in [-0.2, -0.15) is 0 Å². The van der Waals surface area contributed by atoms with E-state index in [0.717, 1.165) is 63.9 Å². The van der Waals surface area contributed by atoms with Gasteiger partial charge < -0.3 is 46.9 Å². The van der Waals surface area contributed by atoms with Gasteiger partial charge in [0.25, 0.3) is 0 Å². The van der Waals surface area contributed by atoms with Gasteiger partial charge in [-0.05, 0) is 117 Å². The van der Waals surface area contributed by atoms with E-state index < -0.39 is 50.9 Å². The van der Waals surface area contributed by atoms with Gasteiger partial charge in [0.1, 0.15) is 12.4 Å². The molecule has 10 nitrogen and oxygen atoms in total. The largest absolute Gasteiger partial charge is 1.00 e. The van der Waals surface area contributed by atoms with Gasteiger partial charge in [0.2, 0.25) is 6.33 Å². The Bertz CT molecular complexity index is 1160. The highest BCUT2D eigenvalue weighted by molar-refractivity contribution is 9.09. The second kappa shape index (κ2) is 31.3. The fourth-order valence-electron chi connectivity index (χ4n) is 5.30. The molecule has 0 aliphatic heterocycles. The van der Waals surface area contributed by atoms with E-state index in [1.165, 1.54) is 25.7 Å². The summed E-state index contributed by atoms with van der Waals surface area (Å²) in [5.74, 6) is 0. The van der Waals surface area contributed by atoms with Crippen LogP contribution in [0.3, 0.4) is 0 Å². The van der Waals surface area contributed by atoms with E-state index in [0.29, 0.717) is 0 Å². The summed E-state index contributed by atoms with van der Waals surface area (Å²) in [6.45, 7) is 39.6. The maximum Gasteiger partial charge on any atom is 0.476 e. The van der Waals surface area contributed by atoms with Crippen LogP contribution in [0, 0.1) is 0 Å². The molecule has 0 N–H and O–H groups in total. The van der Waals surface area contributed by atoms with Gasteiger partial charge in [-0.3, -0.25) is 0 Å². The Morgan fingerprint density at radius 2 is 0.982 bits per heavy atom. The van der Waals surface area contributed by atoms with Crippen LogP contribution in [0.2, 0.25) is 91.7 Å². The third-order valence-electron chi connectivity index (χ3n) is 6.88.